The number of aliphatic hydroxyl groups excluding tert-OH is 1. The summed E-state index contributed by atoms with van der Waals surface area (Å²) >= 11 is 0. The second-order valence-electron chi connectivity index (χ2n) is 3.37. The number of rotatable bonds is 3. The van der Waals surface area contributed by atoms with E-state index in [1.807, 2.05) is 0 Å². The summed E-state index contributed by atoms with van der Waals surface area (Å²) in [6.07, 6.45) is 1.15. The molecule has 1 heterocycles. The number of aliphatic hydroxyl groups is 1. The van der Waals surface area contributed by atoms with Gasteiger partial charge in [-0.05, 0) is 19.3 Å². The summed E-state index contributed by atoms with van der Waals surface area (Å²) in [5.41, 5.74) is 0. The molecule has 0 aliphatic carbocycles. The second-order valence-corrected chi connectivity index (χ2v) is 3.37. The average molecular weight is 159 g/mol. The highest BCUT2D eigenvalue weighted by Crippen LogP contribution is 2.19. The Balaban J connectivity index is 2.18. The zero-order chi connectivity index (χ0) is 8.27. The molecule has 1 fully saturated rings. The van der Waals surface area contributed by atoms with E-state index in [1.165, 1.54) is 0 Å². The van der Waals surface area contributed by atoms with Crippen LogP contribution in [-0.4, -0.2) is 30.6 Å². The highest BCUT2D eigenvalue weighted by Gasteiger charge is 2.26. The third kappa shape index (κ3) is 2.43. The molecule has 0 saturated carbocycles. The molecule has 11 heavy (non-hydrogen) atoms. The molecule has 0 aromatic heterocycles. The van der Waals surface area contributed by atoms with Crippen LogP contribution >= 0.6 is 0 Å². The summed E-state index contributed by atoms with van der Waals surface area (Å²) in [7, 11) is 0. The van der Waals surface area contributed by atoms with Crippen molar-refractivity contribution in [1.82, 2.24) is 5.32 Å². The molecule has 0 aromatic carbocycles. The first-order valence-electron chi connectivity index (χ1n) is 4.18. The maximum Gasteiger partial charge on any atom is 0.143 e. The van der Waals surface area contributed by atoms with Crippen LogP contribution in [-0.2, 0) is 4.74 Å². The van der Waals surface area contributed by atoms with Crippen LogP contribution in [0.15, 0.2) is 0 Å². The summed E-state index contributed by atoms with van der Waals surface area (Å²) < 4.78 is 4.91. The van der Waals surface area contributed by atoms with Crippen molar-refractivity contribution in [2.75, 3.05) is 13.4 Å². The normalized spacial score (nSPS) is 37.9. The van der Waals surface area contributed by atoms with E-state index in [1.54, 1.807) is 0 Å². The van der Waals surface area contributed by atoms with Crippen molar-refractivity contribution in [3.8, 4) is 0 Å². The van der Waals surface area contributed by atoms with E-state index >= 15 is 0 Å². The number of hydrogen-bond acceptors (Lipinski definition) is 3. The molecule has 1 aliphatic rings. The first-order chi connectivity index (χ1) is 5.24. The summed E-state index contributed by atoms with van der Waals surface area (Å²) in [6.45, 7) is 4.88. The Hall–Kier alpha value is -0.120. The zero-order valence-electron chi connectivity index (χ0n) is 7.21. The highest BCUT2D eigenvalue weighted by molar-refractivity contribution is 4.85. The Morgan fingerprint density at radius 2 is 2.27 bits per heavy atom. The molecule has 66 valence electrons. The number of ether oxygens (including phenoxy) is 1. The van der Waals surface area contributed by atoms with Gasteiger partial charge in [0.15, 0.2) is 0 Å². The molecular weight excluding hydrogens is 142 g/mol. The lowest BCUT2D eigenvalue weighted by atomic mass is 10.0. The number of nitrogens with one attached hydrogen (secondary N) is 1. The van der Waals surface area contributed by atoms with Gasteiger partial charge in [-0.25, -0.2) is 0 Å². The van der Waals surface area contributed by atoms with Crippen molar-refractivity contribution in [3.63, 3.8) is 0 Å². The van der Waals surface area contributed by atoms with E-state index in [0.29, 0.717) is 18.7 Å². The van der Waals surface area contributed by atoms with Crippen molar-refractivity contribution in [3.05, 3.63) is 0 Å². The highest BCUT2D eigenvalue weighted by atomic mass is 16.6. The third-order valence-electron chi connectivity index (χ3n) is 2.42. The predicted octanol–water partition coefficient (Wildman–Crippen LogP) is 0.339. The van der Waals surface area contributed by atoms with Crippen molar-refractivity contribution in [1.29, 1.82) is 0 Å². The van der Waals surface area contributed by atoms with Gasteiger partial charge in [0.25, 0.3) is 0 Å². The van der Waals surface area contributed by atoms with Crippen LogP contribution in [0, 0.1) is 5.92 Å². The summed E-state index contributed by atoms with van der Waals surface area (Å²) in [5, 5.41) is 11.8. The Bertz CT molecular complexity index is 109. The predicted molar refractivity (Wildman–Crippen MR) is 43.2 cm³/mol. The maximum atomic E-state index is 8.41. The SMILES string of the molecule is C[C@@H]1N[C@H](COCO)C[C@@H]1C. The van der Waals surface area contributed by atoms with Gasteiger partial charge in [-0.15, -0.1) is 0 Å². The minimum absolute atomic E-state index is 0.166. The smallest absolute Gasteiger partial charge is 0.143 e. The fraction of sp³-hybridized carbons (Fsp3) is 1.00. The standard InChI is InChI=1S/C8H17NO2/c1-6-3-8(4-11-5-10)9-7(6)2/h6-10H,3-5H2,1-2H3/t6-,7-,8-/m0/s1. The van der Waals surface area contributed by atoms with Gasteiger partial charge < -0.3 is 15.2 Å². The molecular formula is C8H17NO2. The molecule has 0 amide bonds. The second kappa shape index (κ2) is 4.04. The van der Waals surface area contributed by atoms with Gasteiger partial charge in [0.05, 0.1) is 6.61 Å². The minimum Gasteiger partial charge on any atom is -0.371 e. The van der Waals surface area contributed by atoms with Crippen LogP contribution < -0.4 is 5.32 Å². The monoisotopic (exact) mass is 159 g/mol. The van der Waals surface area contributed by atoms with E-state index in [9.17, 15) is 0 Å². The van der Waals surface area contributed by atoms with Crippen molar-refractivity contribution < 1.29 is 9.84 Å². The quantitative estimate of drug-likeness (QED) is 0.583. The van der Waals surface area contributed by atoms with E-state index in [-0.39, 0.29) is 6.79 Å². The summed E-state index contributed by atoms with van der Waals surface area (Å²) in [4.78, 5) is 0. The van der Waals surface area contributed by atoms with Crippen LogP contribution in [0.3, 0.4) is 0 Å². The minimum atomic E-state index is -0.166. The summed E-state index contributed by atoms with van der Waals surface area (Å²) in [5.74, 6) is 0.724. The lowest BCUT2D eigenvalue weighted by Gasteiger charge is -2.10. The first-order valence-corrected chi connectivity index (χ1v) is 4.18. The molecule has 2 N–H and O–H groups in total. The maximum absolute atomic E-state index is 8.41. The molecule has 0 bridgehead atoms. The van der Waals surface area contributed by atoms with E-state index < -0.39 is 0 Å². The third-order valence-corrected chi connectivity index (χ3v) is 2.42. The summed E-state index contributed by atoms with van der Waals surface area (Å²) in [6, 6.07) is 1.02. The molecule has 3 heteroatoms. The van der Waals surface area contributed by atoms with Gasteiger partial charge in [0, 0.05) is 12.1 Å². The van der Waals surface area contributed by atoms with Crippen LogP contribution in [0.5, 0.6) is 0 Å². The van der Waals surface area contributed by atoms with E-state index in [2.05, 4.69) is 19.2 Å². The molecule has 3 nitrogen and oxygen atoms in total. The van der Waals surface area contributed by atoms with Crippen molar-refractivity contribution in [2.45, 2.75) is 32.4 Å². The first kappa shape index (κ1) is 8.97. The van der Waals surface area contributed by atoms with Crippen LogP contribution in [0.4, 0.5) is 0 Å². The lowest BCUT2D eigenvalue weighted by molar-refractivity contribution is -0.00952. The van der Waals surface area contributed by atoms with Gasteiger partial charge in [0.2, 0.25) is 0 Å². The molecule has 1 aliphatic heterocycles. The fourth-order valence-electron chi connectivity index (χ4n) is 1.57. The molecule has 0 aromatic rings. The fourth-order valence-corrected chi connectivity index (χ4v) is 1.57. The molecule has 1 rings (SSSR count). The molecule has 1 saturated heterocycles. The van der Waals surface area contributed by atoms with Crippen molar-refractivity contribution in [2.24, 2.45) is 5.92 Å². The molecule has 3 atom stereocenters. The Labute approximate surface area is 67.7 Å². The van der Waals surface area contributed by atoms with Crippen LogP contribution in [0.25, 0.3) is 0 Å². The van der Waals surface area contributed by atoms with Gasteiger partial charge >= 0.3 is 0 Å². The van der Waals surface area contributed by atoms with Crippen LogP contribution in [0.2, 0.25) is 0 Å². The molecule has 0 spiro atoms. The largest absolute Gasteiger partial charge is 0.371 e. The Kier molecular flexibility index (Phi) is 3.30. The van der Waals surface area contributed by atoms with Gasteiger partial charge in [-0.2, -0.15) is 0 Å². The van der Waals surface area contributed by atoms with Gasteiger partial charge in [-0.1, -0.05) is 6.92 Å². The lowest BCUT2D eigenvalue weighted by Crippen LogP contribution is -2.31. The van der Waals surface area contributed by atoms with E-state index in [4.69, 9.17) is 9.84 Å². The van der Waals surface area contributed by atoms with E-state index in [0.717, 1.165) is 12.3 Å². The topological polar surface area (TPSA) is 41.5 Å². The Morgan fingerprint density at radius 3 is 2.73 bits per heavy atom. The van der Waals surface area contributed by atoms with Crippen molar-refractivity contribution >= 4 is 0 Å². The van der Waals surface area contributed by atoms with Crippen LogP contribution in [0.1, 0.15) is 20.3 Å². The van der Waals surface area contributed by atoms with Gasteiger partial charge in [-0.3, -0.25) is 0 Å². The van der Waals surface area contributed by atoms with Gasteiger partial charge in [0.1, 0.15) is 6.79 Å². The molecule has 0 radical (unpaired) electrons. The molecule has 0 unspecified atom stereocenters. The average Bonchev–Trinajstić information content (AvgIpc) is 2.28. The Morgan fingerprint density at radius 1 is 1.55 bits per heavy atom. The zero-order valence-corrected chi connectivity index (χ0v) is 7.21. The number of hydrogen-bond donors (Lipinski definition) is 2.